The maximum atomic E-state index is 12.3. The van der Waals surface area contributed by atoms with Gasteiger partial charge >= 0.3 is 0 Å². The third kappa shape index (κ3) is 4.30. The Hall–Kier alpha value is -1.41. The maximum absolute atomic E-state index is 12.3. The van der Waals surface area contributed by atoms with Gasteiger partial charge in [-0.25, -0.2) is 0 Å². The van der Waals surface area contributed by atoms with E-state index in [9.17, 15) is 15.2 Å². The van der Waals surface area contributed by atoms with Crippen molar-refractivity contribution in [1.82, 2.24) is 4.90 Å². The number of nitrogens with zero attached hydrogens (tertiary/aromatic N) is 2. The number of carbonyl (C=O) groups excluding carboxylic acids is 1. The molecule has 1 saturated heterocycles. The zero-order valence-electron chi connectivity index (χ0n) is 11.7. The summed E-state index contributed by atoms with van der Waals surface area (Å²) in [4.78, 5) is 14.0. The summed E-state index contributed by atoms with van der Waals surface area (Å²) in [5.41, 5.74) is 0.541. The maximum Gasteiger partial charge on any atom is 0.264 e. The number of benzene rings is 1. The summed E-state index contributed by atoms with van der Waals surface area (Å²) in [6.45, 7) is 1.35. The molecule has 0 saturated carbocycles. The second kappa shape index (κ2) is 8.28. The van der Waals surface area contributed by atoms with Gasteiger partial charge in [0.15, 0.2) is 5.75 Å². The highest BCUT2D eigenvalue weighted by molar-refractivity contribution is 6.37. The molecule has 1 aliphatic rings. The lowest BCUT2D eigenvalue weighted by molar-refractivity contribution is -0.127. The topological polar surface area (TPSA) is 64.3 Å². The van der Waals surface area contributed by atoms with Crippen LogP contribution < -0.4 is 0 Å². The Bertz CT molecular complexity index is 609. The number of hydrogen-bond donors (Lipinski definition) is 1. The first-order valence-electron chi connectivity index (χ1n) is 6.62. The van der Waals surface area contributed by atoms with Gasteiger partial charge in [-0.1, -0.05) is 23.2 Å². The molecule has 0 atom stereocenters. The van der Waals surface area contributed by atoms with E-state index in [0.717, 1.165) is 19.3 Å². The van der Waals surface area contributed by atoms with Crippen LogP contribution in [0.15, 0.2) is 17.7 Å². The van der Waals surface area contributed by atoms with E-state index in [4.69, 9.17) is 23.2 Å². The van der Waals surface area contributed by atoms with Gasteiger partial charge in [0.1, 0.15) is 11.6 Å². The first-order valence-corrected chi connectivity index (χ1v) is 7.37. The van der Waals surface area contributed by atoms with E-state index in [0.29, 0.717) is 18.7 Å². The molecule has 1 aromatic rings. The fourth-order valence-electron chi connectivity index (χ4n) is 2.24. The van der Waals surface area contributed by atoms with E-state index in [1.165, 1.54) is 18.2 Å². The predicted molar refractivity (Wildman–Crippen MR) is 89.4 cm³/mol. The van der Waals surface area contributed by atoms with Gasteiger partial charge in [0.2, 0.25) is 0 Å². The Kier molecular flexibility index (Phi) is 7.02. The molecular weight excluding hydrogens is 347 g/mol. The van der Waals surface area contributed by atoms with Gasteiger partial charge in [-0.05, 0) is 43.0 Å². The first kappa shape index (κ1) is 18.6. The minimum absolute atomic E-state index is 0. The summed E-state index contributed by atoms with van der Waals surface area (Å²) in [6.07, 6.45) is 4.47. The molecule has 22 heavy (non-hydrogen) atoms. The van der Waals surface area contributed by atoms with Gasteiger partial charge in [-0.2, -0.15) is 5.26 Å². The van der Waals surface area contributed by atoms with E-state index in [-0.39, 0.29) is 39.7 Å². The number of amides is 1. The average molecular weight is 362 g/mol. The van der Waals surface area contributed by atoms with Gasteiger partial charge in [0, 0.05) is 13.1 Å². The van der Waals surface area contributed by atoms with Gasteiger partial charge in [-0.3, -0.25) is 4.79 Å². The molecule has 1 aromatic carbocycles. The number of nitriles is 1. The number of rotatable bonds is 2. The fraction of sp³-hybridized carbons (Fsp3) is 0.333. The van der Waals surface area contributed by atoms with Crippen molar-refractivity contribution in [2.75, 3.05) is 13.1 Å². The molecule has 118 valence electrons. The molecule has 1 aliphatic heterocycles. The molecule has 7 heteroatoms. The van der Waals surface area contributed by atoms with Crippen molar-refractivity contribution in [2.24, 2.45) is 0 Å². The van der Waals surface area contributed by atoms with Gasteiger partial charge in [0.25, 0.3) is 5.91 Å². The van der Waals surface area contributed by atoms with E-state index >= 15 is 0 Å². The highest BCUT2D eigenvalue weighted by atomic mass is 35.5. The molecule has 0 spiro atoms. The molecule has 1 fully saturated rings. The van der Waals surface area contributed by atoms with Crippen molar-refractivity contribution in [2.45, 2.75) is 19.3 Å². The molecular formula is C15H15Cl3N2O2. The fourth-order valence-corrected chi connectivity index (χ4v) is 2.75. The van der Waals surface area contributed by atoms with E-state index in [1.54, 1.807) is 4.90 Å². The number of hydrogen-bond acceptors (Lipinski definition) is 3. The van der Waals surface area contributed by atoms with E-state index < -0.39 is 0 Å². The number of carbonyl (C=O) groups is 1. The third-order valence-corrected chi connectivity index (χ3v) is 3.92. The van der Waals surface area contributed by atoms with Gasteiger partial charge < -0.3 is 10.0 Å². The third-order valence-electron chi connectivity index (χ3n) is 3.34. The Morgan fingerprint density at radius 2 is 1.77 bits per heavy atom. The van der Waals surface area contributed by atoms with Crippen LogP contribution in [-0.4, -0.2) is 29.0 Å². The largest absolute Gasteiger partial charge is 0.505 e. The Labute approximate surface area is 145 Å². The molecule has 0 aromatic heterocycles. The van der Waals surface area contributed by atoms with Gasteiger partial charge in [0.05, 0.1) is 10.0 Å². The zero-order valence-corrected chi connectivity index (χ0v) is 14.0. The lowest BCUT2D eigenvalue weighted by atomic mass is 10.1. The van der Waals surface area contributed by atoms with Crippen LogP contribution in [0, 0.1) is 11.3 Å². The van der Waals surface area contributed by atoms with Crippen molar-refractivity contribution in [1.29, 1.82) is 5.26 Å². The first-order chi connectivity index (χ1) is 10.0. The molecule has 1 heterocycles. The van der Waals surface area contributed by atoms with Crippen LogP contribution in [-0.2, 0) is 4.79 Å². The second-order valence-electron chi connectivity index (χ2n) is 4.86. The molecule has 1 N–H and O–H groups in total. The molecule has 1 amide bonds. The summed E-state index contributed by atoms with van der Waals surface area (Å²) in [7, 11) is 0. The number of aromatic hydroxyl groups is 1. The lowest BCUT2D eigenvalue weighted by Gasteiger charge is -2.26. The summed E-state index contributed by atoms with van der Waals surface area (Å²) < 4.78 is 0. The Morgan fingerprint density at radius 3 is 2.27 bits per heavy atom. The molecule has 2 rings (SSSR count). The van der Waals surface area contributed by atoms with Gasteiger partial charge in [-0.15, -0.1) is 12.4 Å². The minimum atomic E-state index is -0.280. The molecule has 4 nitrogen and oxygen atoms in total. The van der Waals surface area contributed by atoms with Crippen molar-refractivity contribution in [3.05, 3.63) is 33.3 Å². The van der Waals surface area contributed by atoms with Crippen molar-refractivity contribution in [3.63, 3.8) is 0 Å². The predicted octanol–water partition coefficient (Wildman–Crippen LogP) is 4.04. The number of halogens is 3. The summed E-state index contributed by atoms with van der Waals surface area (Å²) >= 11 is 11.7. The summed E-state index contributed by atoms with van der Waals surface area (Å²) in [5, 5.41) is 18.9. The molecule has 0 unspecified atom stereocenters. The highest BCUT2D eigenvalue weighted by Gasteiger charge is 2.20. The van der Waals surface area contributed by atoms with Crippen LogP contribution in [0.2, 0.25) is 10.0 Å². The number of phenols is 1. The van der Waals surface area contributed by atoms with Crippen molar-refractivity contribution < 1.29 is 9.90 Å². The van der Waals surface area contributed by atoms with Crippen molar-refractivity contribution in [3.8, 4) is 11.8 Å². The lowest BCUT2D eigenvalue weighted by Crippen LogP contribution is -2.36. The normalized spacial score (nSPS) is 15.0. The van der Waals surface area contributed by atoms with Crippen LogP contribution in [0.25, 0.3) is 6.08 Å². The molecule has 0 bridgehead atoms. The SMILES string of the molecule is Cl.N#CC(=Cc1cc(Cl)c(O)c(Cl)c1)C(=O)N1CCCCC1. The summed E-state index contributed by atoms with van der Waals surface area (Å²) in [5.74, 6) is -0.492. The minimum Gasteiger partial charge on any atom is -0.505 e. The highest BCUT2D eigenvalue weighted by Crippen LogP contribution is 2.33. The summed E-state index contributed by atoms with van der Waals surface area (Å²) in [6, 6.07) is 4.85. The number of piperidine rings is 1. The van der Waals surface area contributed by atoms with Crippen LogP contribution >= 0.6 is 35.6 Å². The van der Waals surface area contributed by atoms with Crippen molar-refractivity contribution >= 4 is 47.6 Å². The standard InChI is InChI=1S/C15H14Cl2N2O2.ClH/c16-12-7-10(8-13(17)14(12)20)6-11(9-18)15(21)19-4-2-1-3-5-19;/h6-8,20H,1-5H2;1H. The molecule has 0 aliphatic carbocycles. The average Bonchev–Trinajstić information content (AvgIpc) is 2.50. The Balaban J connectivity index is 0.00000242. The van der Waals surface area contributed by atoms with E-state index in [1.807, 2.05) is 6.07 Å². The van der Waals surface area contributed by atoms with Crippen LogP contribution in [0.3, 0.4) is 0 Å². The smallest absolute Gasteiger partial charge is 0.264 e. The number of phenolic OH excluding ortho intramolecular Hbond substituents is 1. The monoisotopic (exact) mass is 360 g/mol. The van der Waals surface area contributed by atoms with Crippen LogP contribution in [0.4, 0.5) is 0 Å². The van der Waals surface area contributed by atoms with E-state index in [2.05, 4.69) is 0 Å². The zero-order chi connectivity index (χ0) is 15.4. The molecule has 0 radical (unpaired) electrons. The second-order valence-corrected chi connectivity index (χ2v) is 5.67. The Morgan fingerprint density at radius 1 is 1.23 bits per heavy atom. The quantitative estimate of drug-likeness (QED) is 0.638. The van der Waals surface area contributed by atoms with Crippen LogP contribution in [0.1, 0.15) is 24.8 Å². The number of likely N-dealkylation sites (tertiary alicyclic amines) is 1. The van der Waals surface area contributed by atoms with Crippen LogP contribution in [0.5, 0.6) is 5.75 Å².